The summed E-state index contributed by atoms with van der Waals surface area (Å²) in [5.74, 6) is -0.265. The van der Waals surface area contributed by atoms with Crippen molar-refractivity contribution in [2.45, 2.75) is 26.0 Å². The molecule has 1 aliphatic rings. The second kappa shape index (κ2) is 12.4. The van der Waals surface area contributed by atoms with Gasteiger partial charge in [-0.25, -0.2) is 0 Å². The molecule has 1 heterocycles. The van der Waals surface area contributed by atoms with Crippen LogP contribution in [0.1, 0.15) is 36.1 Å². The second-order valence-electron chi connectivity index (χ2n) is 9.45. The van der Waals surface area contributed by atoms with Gasteiger partial charge in [-0.05, 0) is 69.4 Å². The third-order valence-corrected chi connectivity index (χ3v) is 6.41. The molecule has 0 radical (unpaired) electrons. The Balaban J connectivity index is 1.67. The smallest absolute Gasteiger partial charge is 0.295 e. The first-order chi connectivity index (χ1) is 18.4. The van der Waals surface area contributed by atoms with Gasteiger partial charge in [-0.1, -0.05) is 54.6 Å². The summed E-state index contributed by atoms with van der Waals surface area (Å²) in [4.78, 5) is 30.0. The number of carbonyl (C=O) groups is 2. The molecule has 1 amide bonds. The SMILES string of the molecule is CCOc1cccc(/C(O)=C2\C(=O)C(=O)N(CCCN(C)C)C2c2ccc(OCc3ccccc3)cc2)c1. The van der Waals surface area contributed by atoms with Gasteiger partial charge in [-0.3, -0.25) is 9.59 Å². The van der Waals surface area contributed by atoms with Gasteiger partial charge < -0.3 is 24.4 Å². The highest BCUT2D eigenvalue weighted by molar-refractivity contribution is 6.46. The molecule has 1 saturated heterocycles. The lowest BCUT2D eigenvalue weighted by atomic mass is 9.95. The molecule has 4 rings (SSSR count). The second-order valence-corrected chi connectivity index (χ2v) is 9.45. The van der Waals surface area contributed by atoms with Crippen LogP contribution in [-0.4, -0.2) is 60.4 Å². The minimum atomic E-state index is -0.712. The average molecular weight is 515 g/mol. The fourth-order valence-corrected chi connectivity index (χ4v) is 4.56. The Morgan fingerprint density at radius 1 is 0.921 bits per heavy atom. The number of hydrogen-bond donors (Lipinski definition) is 1. The normalized spacial score (nSPS) is 16.7. The molecule has 0 aromatic heterocycles. The van der Waals surface area contributed by atoms with E-state index in [4.69, 9.17) is 9.47 Å². The number of likely N-dealkylation sites (tertiary alicyclic amines) is 1. The third-order valence-electron chi connectivity index (χ3n) is 6.41. The van der Waals surface area contributed by atoms with Crippen molar-refractivity contribution in [3.8, 4) is 11.5 Å². The summed E-state index contributed by atoms with van der Waals surface area (Å²) in [5.41, 5.74) is 2.28. The number of aliphatic hydroxyl groups excluding tert-OH is 1. The van der Waals surface area contributed by atoms with Gasteiger partial charge in [-0.15, -0.1) is 0 Å². The molecule has 1 unspecified atom stereocenters. The van der Waals surface area contributed by atoms with E-state index in [-0.39, 0.29) is 11.3 Å². The number of amides is 1. The zero-order valence-electron chi connectivity index (χ0n) is 22.1. The summed E-state index contributed by atoms with van der Waals surface area (Å²) in [6, 6.07) is 23.4. The van der Waals surface area contributed by atoms with E-state index in [0.717, 1.165) is 17.7 Å². The molecule has 0 aliphatic carbocycles. The number of rotatable bonds is 11. The number of nitrogens with zero attached hydrogens (tertiary/aromatic N) is 2. The van der Waals surface area contributed by atoms with E-state index in [1.54, 1.807) is 29.2 Å². The van der Waals surface area contributed by atoms with Crippen molar-refractivity contribution in [2.75, 3.05) is 33.8 Å². The molecule has 3 aromatic rings. The van der Waals surface area contributed by atoms with Crippen LogP contribution in [-0.2, 0) is 16.2 Å². The lowest BCUT2D eigenvalue weighted by Crippen LogP contribution is -2.32. The lowest BCUT2D eigenvalue weighted by Gasteiger charge is -2.26. The summed E-state index contributed by atoms with van der Waals surface area (Å²) in [6.45, 7) is 3.92. The van der Waals surface area contributed by atoms with Crippen molar-refractivity contribution in [3.63, 3.8) is 0 Å². The predicted octanol–water partition coefficient (Wildman–Crippen LogP) is 5.04. The summed E-state index contributed by atoms with van der Waals surface area (Å²) in [6.07, 6.45) is 0.689. The summed E-state index contributed by atoms with van der Waals surface area (Å²) >= 11 is 0. The van der Waals surface area contributed by atoms with Crippen LogP contribution in [0.4, 0.5) is 0 Å². The van der Waals surface area contributed by atoms with Crippen molar-refractivity contribution in [3.05, 3.63) is 101 Å². The molecule has 7 heteroatoms. The molecule has 1 aliphatic heterocycles. The largest absolute Gasteiger partial charge is 0.507 e. The van der Waals surface area contributed by atoms with Gasteiger partial charge in [0.05, 0.1) is 18.2 Å². The van der Waals surface area contributed by atoms with Gasteiger partial charge in [0.15, 0.2) is 0 Å². The molecule has 1 N–H and O–H groups in total. The van der Waals surface area contributed by atoms with Crippen LogP contribution in [0.2, 0.25) is 0 Å². The van der Waals surface area contributed by atoms with Crippen LogP contribution in [0, 0.1) is 0 Å². The van der Waals surface area contributed by atoms with E-state index in [9.17, 15) is 14.7 Å². The number of Topliss-reactive ketones (excluding diaryl/α,β-unsaturated/α-hetero) is 1. The highest BCUT2D eigenvalue weighted by Crippen LogP contribution is 2.40. The Morgan fingerprint density at radius 3 is 2.34 bits per heavy atom. The van der Waals surface area contributed by atoms with E-state index < -0.39 is 17.7 Å². The molecular weight excluding hydrogens is 480 g/mol. The molecular formula is C31H34N2O5. The first-order valence-electron chi connectivity index (χ1n) is 12.8. The van der Waals surface area contributed by atoms with Gasteiger partial charge in [0.25, 0.3) is 11.7 Å². The van der Waals surface area contributed by atoms with Gasteiger partial charge in [0.1, 0.15) is 23.9 Å². The highest BCUT2D eigenvalue weighted by atomic mass is 16.5. The number of benzene rings is 3. The van der Waals surface area contributed by atoms with Crippen molar-refractivity contribution in [1.82, 2.24) is 9.80 Å². The minimum Gasteiger partial charge on any atom is -0.507 e. The number of carbonyl (C=O) groups excluding carboxylic acids is 2. The summed E-state index contributed by atoms with van der Waals surface area (Å²) < 4.78 is 11.5. The maximum Gasteiger partial charge on any atom is 0.295 e. The van der Waals surface area contributed by atoms with Crippen LogP contribution in [0.25, 0.3) is 5.76 Å². The minimum absolute atomic E-state index is 0.0754. The summed E-state index contributed by atoms with van der Waals surface area (Å²) in [7, 11) is 3.93. The van der Waals surface area contributed by atoms with E-state index in [0.29, 0.717) is 43.2 Å². The zero-order chi connectivity index (χ0) is 27.1. The van der Waals surface area contributed by atoms with Crippen LogP contribution in [0.5, 0.6) is 11.5 Å². The first-order valence-corrected chi connectivity index (χ1v) is 12.8. The quantitative estimate of drug-likeness (QED) is 0.220. The van der Waals surface area contributed by atoms with Gasteiger partial charge >= 0.3 is 0 Å². The van der Waals surface area contributed by atoms with Crippen LogP contribution in [0.15, 0.2) is 84.4 Å². The molecule has 38 heavy (non-hydrogen) atoms. The average Bonchev–Trinajstić information content (AvgIpc) is 3.17. The Hall–Kier alpha value is -4.10. The molecule has 0 saturated carbocycles. The van der Waals surface area contributed by atoms with Crippen molar-refractivity contribution in [1.29, 1.82) is 0 Å². The van der Waals surface area contributed by atoms with Crippen molar-refractivity contribution >= 4 is 17.4 Å². The maximum atomic E-state index is 13.3. The van der Waals surface area contributed by atoms with Crippen molar-refractivity contribution < 1.29 is 24.2 Å². The van der Waals surface area contributed by atoms with E-state index in [1.165, 1.54) is 0 Å². The fraction of sp³-hybridized carbons (Fsp3) is 0.290. The lowest BCUT2D eigenvalue weighted by molar-refractivity contribution is -0.139. The zero-order valence-corrected chi connectivity index (χ0v) is 22.1. The molecule has 0 spiro atoms. The topological polar surface area (TPSA) is 79.3 Å². The number of aliphatic hydroxyl groups is 1. The molecule has 198 valence electrons. The fourth-order valence-electron chi connectivity index (χ4n) is 4.56. The van der Waals surface area contributed by atoms with Crippen molar-refractivity contribution in [2.24, 2.45) is 0 Å². The van der Waals surface area contributed by atoms with E-state index >= 15 is 0 Å². The van der Waals surface area contributed by atoms with Crippen LogP contribution >= 0.6 is 0 Å². The van der Waals surface area contributed by atoms with Gasteiger partial charge in [0, 0.05) is 12.1 Å². The highest BCUT2D eigenvalue weighted by Gasteiger charge is 2.45. The standard InChI is InChI=1S/C31H34N2O5/c1-4-37-26-13-8-12-24(20-26)29(34)27-28(33(31(36)30(27)35)19-9-18-32(2)3)23-14-16-25(17-15-23)38-21-22-10-6-5-7-11-22/h5-8,10-17,20,28,34H,4,9,18-19,21H2,1-3H3/b29-27+. The molecule has 1 fully saturated rings. The molecule has 1 atom stereocenters. The number of hydrogen-bond acceptors (Lipinski definition) is 6. The Kier molecular flexibility index (Phi) is 8.81. The molecule has 0 bridgehead atoms. The monoisotopic (exact) mass is 514 g/mol. The van der Waals surface area contributed by atoms with Crippen LogP contribution < -0.4 is 9.47 Å². The van der Waals surface area contributed by atoms with Gasteiger partial charge in [-0.2, -0.15) is 0 Å². The Morgan fingerprint density at radius 2 is 1.66 bits per heavy atom. The summed E-state index contributed by atoms with van der Waals surface area (Å²) in [5, 5.41) is 11.3. The predicted molar refractivity (Wildman–Crippen MR) is 147 cm³/mol. The molecule has 3 aromatic carbocycles. The third kappa shape index (κ3) is 6.23. The number of ether oxygens (including phenoxy) is 2. The Bertz CT molecular complexity index is 1290. The first kappa shape index (κ1) is 26.9. The molecule has 7 nitrogen and oxygen atoms in total. The number of ketones is 1. The van der Waals surface area contributed by atoms with E-state index in [2.05, 4.69) is 0 Å². The Labute approximate surface area is 223 Å². The van der Waals surface area contributed by atoms with Crippen LogP contribution in [0.3, 0.4) is 0 Å². The van der Waals surface area contributed by atoms with E-state index in [1.807, 2.05) is 80.5 Å². The van der Waals surface area contributed by atoms with Gasteiger partial charge in [0.2, 0.25) is 0 Å². The maximum absolute atomic E-state index is 13.3.